The highest BCUT2D eigenvalue weighted by molar-refractivity contribution is 6.31. The van der Waals surface area contributed by atoms with Crippen molar-refractivity contribution in [2.75, 3.05) is 13.7 Å². The number of fused-ring (bicyclic) bond motifs is 3. The minimum atomic E-state index is -1.60. The van der Waals surface area contributed by atoms with Gasteiger partial charge in [-0.15, -0.1) is 0 Å². The molecule has 0 saturated heterocycles. The molecule has 9 heteroatoms. The first-order valence-corrected chi connectivity index (χ1v) is 9.07. The van der Waals surface area contributed by atoms with Gasteiger partial charge in [0, 0.05) is 17.3 Å². The second-order valence-corrected chi connectivity index (χ2v) is 7.32. The minimum Gasteiger partial charge on any atom is -0.507 e. The number of ether oxygens (including phenoxy) is 2. The zero-order valence-corrected chi connectivity index (χ0v) is 17.1. The Hall–Kier alpha value is -3.62. The van der Waals surface area contributed by atoms with Gasteiger partial charge in [0.25, 0.3) is 0 Å². The predicted octanol–water partition coefficient (Wildman–Crippen LogP) is 1.33. The van der Waals surface area contributed by atoms with Crippen molar-refractivity contribution >= 4 is 23.3 Å². The van der Waals surface area contributed by atoms with Gasteiger partial charge >= 0.3 is 5.97 Å². The molecule has 158 valence electrons. The maximum absolute atomic E-state index is 13.5. The summed E-state index contributed by atoms with van der Waals surface area (Å²) in [4.78, 5) is 49.7. The molecule has 9 nitrogen and oxygen atoms in total. The molecule has 0 amide bonds. The van der Waals surface area contributed by atoms with Gasteiger partial charge in [0.1, 0.15) is 40.5 Å². The highest BCUT2D eigenvalue weighted by Gasteiger charge is 2.56. The Morgan fingerprint density at radius 1 is 1.20 bits per heavy atom. The standard InChI is InChI=1S/C21H21NO8/c1-8-17(26)15(10(3)23)19-16(18(8)27)21(4)12(30-19)6-11(24)14(20(21)28)9(2)22-7-13(25)29-5/h6,22,26-27H,7H2,1-5H3. The summed E-state index contributed by atoms with van der Waals surface area (Å²) in [5, 5.41) is 23.7. The number of phenols is 2. The number of carbonyl (C=O) groups excluding carboxylic acids is 4. The topological polar surface area (TPSA) is 139 Å². The molecule has 3 N–H and O–H groups in total. The van der Waals surface area contributed by atoms with Crippen LogP contribution in [0, 0.1) is 6.92 Å². The summed E-state index contributed by atoms with van der Waals surface area (Å²) in [5.74, 6) is -3.50. The average Bonchev–Trinajstić information content (AvgIpc) is 2.97. The molecule has 0 aromatic heterocycles. The summed E-state index contributed by atoms with van der Waals surface area (Å²) in [5.41, 5.74) is -1.81. The summed E-state index contributed by atoms with van der Waals surface area (Å²) < 4.78 is 10.2. The molecule has 1 atom stereocenters. The molecule has 3 rings (SSSR count). The Bertz CT molecular complexity index is 1090. The van der Waals surface area contributed by atoms with E-state index >= 15 is 0 Å². The second kappa shape index (κ2) is 7.01. The van der Waals surface area contributed by atoms with E-state index in [1.54, 1.807) is 0 Å². The van der Waals surface area contributed by atoms with Crippen molar-refractivity contribution in [3.63, 3.8) is 0 Å². The van der Waals surface area contributed by atoms with Gasteiger partial charge in [-0.25, -0.2) is 0 Å². The number of Topliss-reactive ketones (excluding diaryl/α,β-unsaturated/α-hetero) is 2. The Morgan fingerprint density at radius 3 is 2.40 bits per heavy atom. The van der Waals surface area contributed by atoms with Crippen LogP contribution in [0.3, 0.4) is 0 Å². The van der Waals surface area contributed by atoms with Crippen LogP contribution in [-0.2, 0) is 24.5 Å². The number of rotatable bonds is 4. The van der Waals surface area contributed by atoms with E-state index in [2.05, 4.69) is 10.1 Å². The van der Waals surface area contributed by atoms with E-state index in [-0.39, 0.29) is 46.0 Å². The van der Waals surface area contributed by atoms with E-state index in [4.69, 9.17) is 4.74 Å². The highest BCUT2D eigenvalue weighted by Crippen LogP contribution is 2.57. The lowest BCUT2D eigenvalue weighted by Crippen LogP contribution is -2.41. The molecule has 2 aliphatic rings. The van der Waals surface area contributed by atoms with Gasteiger partial charge in [0.05, 0.1) is 18.2 Å². The SMILES string of the molecule is COC(=O)CNC(C)=C1C(=O)C=C2Oc3c(C(C)=O)c(O)c(C)c(O)c3C2(C)C1=O. The fraction of sp³-hybridized carbons (Fsp3) is 0.333. The lowest BCUT2D eigenvalue weighted by Gasteiger charge is -2.29. The molecular weight excluding hydrogens is 394 g/mol. The molecule has 0 radical (unpaired) electrons. The Labute approximate surface area is 172 Å². The number of methoxy groups -OCH3 is 1. The monoisotopic (exact) mass is 415 g/mol. The van der Waals surface area contributed by atoms with Gasteiger partial charge in [0.2, 0.25) is 0 Å². The number of nitrogens with one attached hydrogen (secondary N) is 1. The fourth-order valence-electron chi connectivity index (χ4n) is 3.73. The molecule has 1 aliphatic carbocycles. The zero-order chi connectivity index (χ0) is 22.5. The van der Waals surface area contributed by atoms with Gasteiger partial charge in [0.15, 0.2) is 17.3 Å². The number of ketones is 3. The smallest absolute Gasteiger partial charge is 0.325 e. The Kier molecular flexibility index (Phi) is 4.93. The van der Waals surface area contributed by atoms with Gasteiger partial charge in [-0.3, -0.25) is 19.2 Å². The van der Waals surface area contributed by atoms with Gasteiger partial charge in [-0.05, 0) is 27.7 Å². The van der Waals surface area contributed by atoms with Crippen molar-refractivity contribution in [1.82, 2.24) is 5.32 Å². The van der Waals surface area contributed by atoms with Crippen LogP contribution in [0.5, 0.6) is 17.2 Å². The van der Waals surface area contributed by atoms with E-state index in [0.717, 1.165) is 6.08 Å². The molecule has 0 fully saturated rings. The largest absolute Gasteiger partial charge is 0.507 e. The maximum Gasteiger partial charge on any atom is 0.325 e. The van der Waals surface area contributed by atoms with E-state index in [9.17, 15) is 29.4 Å². The maximum atomic E-state index is 13.5. The summed E-state index contributed by atoms with van der Waals surface area (Å²) in [6, 6.07) is 0. The molecule has 1 aromatic rings. The third-order valence-corrected chi connectivity index (χ3v) is 5.49. The lowest BCUT2D eigenvalue weighted by molar-refractivity contribution is -0.139. The molecule has 1 unspecified atom stereocenters. The number of carbonyl (C=O) groups is 4. The van der Waals surface area contributed by atoms with E-state index in [1.807, 2.05) is 0 Å². The van der Waals surface area contributed by atoms with Gasteiger partial charge in [-0.2, -0.15) is 0 Å². The summed E-state index contributed by atoms with van der Waals surface area (Å²) in [6.07, 6.45) is 1.11. The molecule has 0 spiro atoms. The van der Waals surface area contributed by atoms with Crippen LogP contribution in [0.2, 0.25) is 0 Å². The predicted molar refractivity (Wildman–Crippen MR) is 103 cm³/mol. The van der Waals surface area contributed by atoms with Gasteiger partial charge < -0.3 is 25.0 Å². The quantitative estimate of drug-likeness (QED) is 0.288. The number of aromatic hydroxyl groups is 2. The van der Waals surface area contributed by atoms with Crippen molar-refractivity contribution < 1.29 is 38.9 Å². The number of hydrogen-bond donors (Lipinski definition) is 3. The Morgan fingerprint density at radius 2 is 1.83 bits per heavy atom. The number of hydrogen-bond acceptors (Lipinski definition) is 9. The fourth-order valence-corrected chi connectivity index (χ4v) is 3.73. The average molecular weight is 415 g/mol. The number of esters is 1. The van der Waals surface area contributed by atoms with Crippen molar-refractivity contribution in [3.8, 4) is 17.2 Å². The Balaban J connectivity index is 2.24. The minimum absolute atomic E-state index is 0.00465. The zero-order valence-electron chi connectivity index (χ0n) is 17.1. The highest BCUT2D eigenvalue weighted by atomic mass is 16.5. The second-order valence-electron chi connectivity index (χ2n) is 7.32. The molecule has 0 saturated carbocycles. The molecular formula is C21H21NO8. The number of benzene rings is 1. The van der Waals surface area contributed by atoms with E-state index in [1.165, 1.54) is 34.8 Å². The van der Waals surface area contributed by atoms with Crippen molar-refractivity contribution in [2.24, 2.45) is 0 Å². The summed E-state index contributed by atoms with van der Waals surface area (Å²) in [7, 11) is 1.21. The van der Waals surface area contributed by atoms with Crippen molar-refractivity contribution in [3.05, 3.63) is 39.8 Å². The third-order valence-electron chi connectivity index (χ3n) is 5.49. The third kappa shape index (κ3) is 2.77. The van der Waals surface area contributed by atoms with Crippen LogP contribution in [-0.4, -0.2) is 47.2 Å². The molecule has 30 heavy (non-hydrogen) atoms. The van der Waals surface area contributed by atoms with Crippen LogP contribution < -0.4 is 10.1 Å². The first-order valence-electron chi connectivity index (χ1n) is 9.07. The van der Waals surface area contributed by atoms with Crippen molar-refractivity contribution in [2.45, 2.75) is 33.1 Å². The molecule has 0 bridgehead atoms. The van der Waals surface area contributed by atoms with E-state index < -0.39 is 40.2 Å². The van der Waals surface area contributed by atoms with Crippen LogP contribution in [0.1, 0.15) is 42.3 Å². The molecule has 1 aliphatic heterocycles. The van der Waals surface area contributed by atoms with Crippen LogP contribution in [0.25, 0.3) is 0 Å². The lowest BCUT2D eigenvalue weighted by atomic mass is 9.70. The van der Waals surface area contributed by atoms with E-state index in [0.29, 0.717) is 0 Å². The first-order chi connectivity index (χ1) is 14.0. The molecule has 1 heterocycles. The first kappa shape index (κ1) is 21.1. The van der Waals surface area contributed by atoms with Gasteiger partial charge in [-0.1, -0.05) is 0 Å². The molecule has 1 aromatic carbocycles. The van der Waals surface area contributed by atoms with Crippen LogP contribution >= 0.6 is 0 Å². The summed E-state index contributed by atoms with van der Waals surface area (Å²) >= 11 is 0. The number of allylic oxidation sites excluding steroid dienone is 4. The summed E-state index contributed by atoms with van der Waals surface area (Å²) in [6.45, 7) is 5.30. The van der Waals surface area contributed by atoms with Crippen molar-refractivity contribution in [1.29, 1.82) is 0 Å². The van der Waals surface area contributed by atoms with Crippen LogP contribution in [0.4, 0.5) is 0 Å². The van der Waals surface area contributed by atoms with Crippen LogP contribution in [0.15, 0.2) is 23.1 Å². The number of phenolic OH excluding ortho intramolecular Hbond substituents is 2. The normalized spacial score (nSPS) is 21.3.